The number of aromatic nitrogens is 3. The number of phosphoric acid groups is 1. The predicted molar refractivity (Wildman–Crippen MR) is 212 cm³/mol. The molecule has 0 saturated carbocycles. The maximum Gasteiger partial charge on any atom is 0.472 e. The zero-order valence-electron chi connectivity index (χ0n) is 32.9. The van der Waals surface area contributed by atoms with Gasteiger partial charge in [0.1, 0.15) is 47.6 Å². The maximum absolute atomic E-state index is 13.1. The van der Waals surface area contributed by atoms with Crippen LogP contribution in [0.25, 0.3) is 5.52 Å². The van der Waals surface area contributed by atoms with Crippen LogP contribution < -0.4 is 10.5 Å². The van der Waals surface area contributed by atoms with Gasteiger partial charge in [0.2, 0.25) is 0 Å². The van der Waals surface area contributed by atoms with Crippen LogP contribution in [0, 0.1) is 11.3 Å². The van der Waals surface area contributed by atoms with Crippen LogP contribution in [0.4, 0.5) is 5.82 Å². The van der Waals surface area contributed by atoms with Crippen molar-refractivity contribution in [3.05, 3.63) is 54.0 Å². The molecule has 4 rings (SSSR count). The van der Waals surface area contributed by atoms with Gasteiger partial charge in [-0.3, -0.25) is 9.05 Å². The highest BCUT2D eigenvalue weighted by Crippen LogP contribution is 2.48. The SMILES string of the molecule is CCCCCCCCCCCCCCCCCCCC[C@H](COP(=O)(O)OC[C@@]1(C)O[C@@H](c2ccc3c(N)ncnn23)[C@H](O)[C@@H]1O)Oc1cccc(C#N)c1. The van der Waals surface area contributed by atoms with Crippen molar-refractivity contribution in [1.82, 2.24) is 14.6 Å². The lowest BCUT2D eigenvalue weighted by Crippen LogP contribution is -2.44. The molecule has 0 amide bonds. The molecule has 1 aliphatic heterocycles. The van der Waals surface area contributed by atoms with Crippen LogP contribution >= 0.6 is 7.82 Å². The molecule has 3 heterocycles. The summed E-state index contributed by atoms with van der Waals surface area (Å²) < 4.78 is 37.5. The van der Waals surface area contributed by atoms with Crippen LogP contribution in [0.5, 0.6) is 5.75 Å². The van der Waals surface area contributed by atoms with Crippen LogP contribution in [0.3, 0.4) is 0 Å². The number of ether oxygens (including phenoxy) is 2. The average molecular weight is 786 g/mol. The van der Waals surface area contributed by atoms with E-state index in [1.54, 1.807) is 36.4 Å². The van der Waals surface area contributed by atoms with Crippen molar-refractivity contribution >= 4 is 19.2 Å². The van der Waals surface area contributed by atoms with Gasteiger partial charge in [-0.1, -0.05) is 122 Å². The molecule has 0 bridgehead atoms. The summed E-state index contributed by atoms with van der Waals surface area (Å²) in [5.74, 6) is 0.697. The van der Waals surface area contributed by atoms with Gasteiger partial charge in [0, 0.05) is 0 Å². The fraction of sp³-hybridized carbons (Fsp3) is 0.683. The minimum absolute atomic E-state index is 0.235. The Hall–Kier alpha value is -3.08. The summed E-state index contributed by atoms with van der Waals surface area (Å²) >= 11 is 0. The zero-order chi connectivity index (χ0) is 39.5. The van der Waals surface area contributed by atoms with Crippen molar-refractivity contribution in [2.45, 2.75) is 166 Å². The normalized spacial score (nSPS) is 21.4. The first-order valence-corrected chi connectivity index (χ1v) is 22.0. The molecule has 5 N–H and O–H groups in total. The number of benzene rings is 1. The van der Waals surface area contributed by atoms with E-state index in [1.165, 1.54) is 114 Å². The van der Waals surface area contributed by atoms with E-state index in [9.17, 15) is 24.9 Å². The Morgan fingerprint density at radius 2 is 1.53 bits per heavy atom. The minimum Gasteiger partial charge on any atom is -0.488 e. The van der Waals surface area contributed by atoms with Gasteiger partial charge in [-0.2, -0.15) is 10.4 Å². The number of rotatable bonds is 28. The van der Waals surface area contributed by atoms with E-state index < -0.39 is 44.4 Å². The lowest BCUT2D eigenvalue weighted by molar-refractivity contribution is -0.0999. The smallest absolute Gasteiger partial charge is 0.472 e. The summed E-state index contributed by atoms with van der Waals surface area (Å²) in [4.78, 5) is 14.6. The molecule has 13 nitrogen and oxygen atoms in total. The number of nitrogen functional groups attached to an aromatic ring is 1. The van der Waals surface area contributed by atoms with E-state index in [4.69, 9.17) is 24.3 Å². The van der Waals surface area contributed by atoms with Gasteiger partial charge in [0.15, 0.2) is 5.82 Å². The van der Waals surface area contributed by atoms with Crippen LogP contribution in [-0.4, -0.2) is 66.8 Å². The molecule has 2 aromatic heterocycles. The van der Waals surface area contributed by atoms with E-state index in [2.05, 4.69) is 23.1 Å². The highest BCUT2D eigenvalue weighted by molar-refractivity contribution is 7.47. The Morgan fingerprint density at radius 3 is 2.13 bits per heavy atom. The maximum atomic E-state index is 13.1. The first-order chi connectivity index (χ1) is 26.6. The van der Waals surface area contributed by atoms with Gasteiger partial charge in [0.25, 0.3) is 0 Å². The molecule has 0 aliphatic carbocycles. The van der Waals surface area contributed by atoms with Crippen molar-refractivity contribution in [1.29, 1.82) is 5.26 Å². The summed E-state index contributed by atoms with van der Waals surface area (Å²) in [5, 5.41) is 35.4. The Bertz CT molecular complexity index is 1650. The quantitative estimate of drug-likeness (QED) is 0.0404. The van der Waals surface area contributed by atoms with E-state index in [1.807, 2.05) is 0 Å². The average Bonchev–Trinajstić information content (AvgIpc) is 3.71. The molecule has 1 aromatic carbocycles. The number of nitrogens with two attached hydrogens (primary N) is 1. The Kier molecular flexibility index (Phi) is 18.8. The molecular formula is C41H64N5O8P. The van der Waals surface area contributed by atoms with Gasteiger partial charge >= 0.3 is 7.82 Å². The largest absolute Gasteiger partial charge is 0.488 e. The van der Waals surface area contributed by atoms with Crippen molar-refractivity contribution in [3.8, 4) is 11.8 Å². The number of aliphatic hydroxyl groups is 2. The summed E-state index contributed by atoms with van der Waals surface area (Å²) in [6.45, 7) is 2.95. The van der Waals surface area contributed by atoms with Crippen LogP contribution in [0.2, 0.25) is 0 Å². The van der Waals surface area contributed by atoms with E-state index in [0.717, 1.165) is 19.3 Å². The van der Waals surface area contributed by atoms with E-state index in [-0.39, 0.29) is 12.4 Å². The van der Waals surface area contributed by atoms with Gasteiger partial charge < -0.3 is 30.3 Å². The highest BCUT2D eigenvalue weighted by atomic mass is 31.2. The summed E-state index contributed by atoms with van der Waals surface area (Å²) in [6, 6.07) is 12.2. The standard InChI is InChI=1S/C41H64N5O8P/c1-3-4-5-6-7-8-9-10-11-12-13-14-15-16-17-18-19-20-23-34(53-33-24-21-22-32(27-33)28-42)29-51-55(49,50)52-30-41(2)39(48)37(47)38(54-41)35-25-26-36-40(43)44-31-45-46(35)36/h21-22,24-27,31,34,37-39,47-48H,3-20,23,29-30H2,1-2H3,(H,49,50)(H2,43,44,45)/t34-,37+,38+,39+,41-/m1/s1. The second-order valence-corrected chi connectivity index (χ2v) is 16.7. The van der Waals surface area contributed by atoms with Crippen LogP contribution in [0.1, 0.15) is 153 Å². The molecule has 1 fully saturated rings. The molecule has 0 radical (unpaired) electrons. The van der Waals surface area contributed by atoms with Crippen LogP contribution in [-0.2, 0) is 18.3 Å². The van der Waals surface area contributed by atoms with Gasteiger partial charge in [-0.05, 0) is 50.1 Å². The summed E-state index contributed by atoms with van der Waals surface area (Å²) in [7, 11) is -4.66. The molecular weight excluding hydrogens is 721 g/mol. The minimum atomic E-state index is -4.66. The fourth-order valence-corrected chi connectivity index (χ4v) is 8.05. The van der Waals surface area contributed by atoms with E-state index in [0.29, 0.717) is 28.9 Å². The molecule has 55 heavy (non-hydrogen) atoms. The second-order valence-electron chi connectivity index (χ2n) is 15.2. The summed E-state index contributed by atoms with van der Waals surface area (Å²) in [5.41, 5.74) is 5.74. The first kappa shape index (κ1) is 44.6. The third-order valence-corrected chi connectivity index (χ3v) is 11.5. The van der Waals surface area contributed by atoms with Crippen molar-refractivity contribution < 1.29 is 38.2 Å². The number of unbranched alkanes of at least 4 members (excludes halogenated alkanes) is 17. The first-order valence-electron chi connectivity index (χ1n) is 20.5. The van der Waals surface area contributed by atoms with Crippen molar-refractivity contribution in [2.75, 3.05) is 18.9 Å². The highest BCUT2D eigenvalue weighted by Gasteiger charge is 2.53. The van der Waals surface area contributed by atoms with Gasteiger partial charge in [0.05, 0.1) is 30.5 Å². The molecule has 1 unspecified atom stereocenters. The third-order valence-electron chi connectivity index (χ3n) is 10.5. The number of fused-ring (bicyclic) bond motifs is 1. The van der Waals surface area contributed by atoms with E-state index >= 15 is 0 Å². The van der Waals surface area contributed by atoms with Crippen LogP contribution in [0.15, 0.2) is 42.7 Å². The molecule has 1 aliphatic rings. The molecule has 1 saturated heterocycles. The topological polar surface area (TPSA) is 195 Å². The fourth-order valence-electron chi connectivity index (χ4n) is 7.21. The molecule has 3 aromatic rings. The second kappa shape index (κ2) is 23.2. The number of nitriles is 1. The number of hydrogen-bond acceptors (Lipinski definition) is 11. The predicted octanol–water partition coefficient (Wildman–Crippen LogP) is 8.75. The Labute approximate surface area is 327 Å². The molecule has 6 atom stereocenters. The molecule has 306 valence electrons. The van der Waals surface area contributed by atoms with Gasteiger partial charge in [-0.15, -0.1) is 0 Å². The number of nitrogens with zero attached hydrogens (tertiary/aromatic N) is 4. The van der Waals surface area contributed by atoms with Crippen molar-refractivity contribution in [2.24, 2.45) is 0 Å². The lowest BCUT2D eigenvalue weighted by Gasteiger charge is -2.28. The Balaban J connectivity index is 1.17. The zero-order valence-corrected chi connectivity index (χ0v) is 33.8. The lowest BCUT2D eigenvalue weighted by atomic mass is 9.97. The van der Waals surface area contributed by atoms with Crippen molar-refractivity contribution in [3.63, 3.8) is 0 Å². The van der Waals surface area contributed by atoms with Gasteiger partial charge in [-0.25, -0.2) is 14.1 Å². The monoisotopic (exact) mass is 785 g/mol. The third kappa shape index (κ3) is 14.4. The summed E-state index contributed by atoms with van der Waals surface area (Å²) in [6.07, 6.45) is 20.4. The molecule has 0 spiro atoms. The molecule has 14 heteroatoms. The number of hydrogen-bond donors (Lipinski definition) is 4. The number of anilines is 1. The Morgan fingerprint density at radius 1 is 0.927 bits per heavy atom. The number of phosphoric ester groups is 1. The number of aliphatic hydroxyl groups excluding tert-OH is 2.